The van der Waals surface area contributed by atoms with Crippen molar-refractivity contribution in [2.75, 3.05) is 42.3 Å². The Morgan fingerprint density at radius 2 is 1.63 bits per heavy atom. The molecule has 0 saturated heterocycles. The number of aryl methyl sites for hydroxylation is 1. The van der Waals surface area contributed by atoms with Gasteiger partial charge in [0, 0.05) is 55.2 Å². The lowest BCUT2D eigenvalue weighted by Crippen LogP contribution is -2.21. The van der Waals surface area contributed by atoms with Crippen LogP contribution in [0.3, 0.4) is 0 Å². The van der Waals surface area contributed by atoms with Gasteiger partial charge >= 0.3 is 0 Å². The Morgan fingerprint density at radius 3 is 2.22 bits per heavy atom. The summed E-state index contributed by atoms with van der Waals surface area (Å²) in [6.07, 6.45) is 0. The molecule has 0 fully saturated rings. The zero-order valence-electron chi connectivity index (χ0n) is 16.8. The van der Waals surface area contributed by atoms with Gasteiger partial charge in [-0.1, -0.05) is 12.1 Å². The summed E-state index contributed by atoms with van der Waals surface area (Å²) in [5.74, 6) is 0. The van der Waals surface area contributed by atoms with Crippen molar-refractivity contribution in [3.63, 3.8) is 0 Å². The van der Waals surface area contributed by atoms with Gasteiger partial charge in [0.2, 0.25) is 0 Å². The number of nitrogens with one attached hydrogen (secondary N) is 1. The number of benzene rings is 2. The number of anilines is 4. The van der Waals surface area contributed by atoms with Gasteiger partial charge in [-0.15, -0.1) is 11.3 Å². The summed E-state index contributed by atoms with van der Waals surface area (Å²) in [4.78, 5) is 9.22. The molecule has 3 aromatic rings. The quantitative estimate of drug-likeness (QED) is 0.563. The van der Waals surface area contributed by atoms with Crippen LogP contribution in [0.15, 0.2) is 47.8 Å². The van der Waals surface area contributed by atoms with E-state index in [2.05, 4.69) is 83.7 Å². The second kappa shape index (κ2) is 8.44. The predicted octanol–water partition coefficient (Wildman–Crippen LogP) is 5.77. The van der Waals surface area contributed by atoms with Gasteiger partial charge in [-0.25, -0.2) is 4.98 Å². The summed E-state index contributed by atoms with van der Waals surface area (Å²) in [7, 11) is 4.10. The Bertz CT molecular complexity index is 880. The molecule has 1 aromatic heterocycles. The Morgan fingerprint density at radius 1 is 0.963 bits per heavy atom. The third-order valence-corrected chi connectivity index (χ3v) is 5.52. The van der Waals surface area contributed by atoms with E-state index in [1.165, 1.54) is 16.9 Å². The van der Waals surface area contributed by atoms with E-state index in [4.69, 9.17) is 4.98 Å². The molecule has 4 nitrogen and oxygen atoms in total. The Labute approximate surface area is 166 Å². The Kier molecular flexibility index (Phi) is 6.01. The standard InChI is InChI=1S/C22H28N4S/c1-6-26(7-2)19-12-13-20(16(3)14-19)23-22-24-21(15-27-22)17-8-10-18(11-9-17)25(4)5/h8-15H,6-7H2,1-5H3,(H,23,24). The molecule has 5 heteroatoms. The molecule has 0 aliphatic heterocycles. The van der Waals surface area contributed by atoms with Crippen molar-refractivity contribution in [3.05, 3.63) is 53.4 Å². The lowest BCUT2D eigenvalue weighted by Gasteiger charge is -2.22. The number of hydrogen-bond acceptors (Lipinski definition) is 5. The zero-order valence-corrected chi connectivity index (χ0v) is 17.6. The van der Waals surface area contributed by atoms with Crippen LogP contribution in [-0.2, 0) is 0 Å². The SMILES string of the molecule is CCN(CC)c1ccc(Nc2nc(-c3ccc(N(C)C)cc3)cs2)c(C)c1. The molecule has 1 heterocycles. The molecular weight excluding hydrogens is 352 g/mol. The van der Waals surface area contributed by atoms with E-state index in [1.807, 2.05) is 14.1 Å². The van der Waals surface area contributed by atoms with E-state index in [0.717, 1.165) is 35.2 Å². The van der Waals surface area contributed by atoms with E-state index in [9.17, 15) is 0 Å². The van der Waals surface area contributed by atoms with Crippen molar-refractivity contribution in [2.24, 2.45) is 0 Å². The third-order valence-electron chi connectivity index (χ3n) is 4.76. The summed E-state index contributed by atoms with van der Waals surface area (Å²) in [5.41, 5.74) is 6.94. The van der Waals surface area contributed by atoms with Crippen molar-refractivity contribution < 1.29 is 0 Å². The van der Waals surface area contributed by atoms with E-state index in [1.54, 1.807) is 11.3 Å². The average molecular weight is 381 g/mol. The molecule has 3 rings (SSSR count). The minimum atomic E-state index is 0.917. The molecule has 0 radical (unpaired) electrons. The summed E-state index contributed by atoms with van der Waals surface area (Å²) in [6.45, 7) is 8.56. The van der Waals surface area contributed by atoms with E-state index >= 15 is 0 Å². The highest BCUT2D eigenvalue weighted by molar-refractivity contribution is 7.14. The summed E-state index contributed by atoms with van der Waals surface area (Å²) >= 11 is 1.63. The number of hydrogen-bond donors (Lipinski definition) is 1. The van der Waals surface area contributed by atoms with Crippen LogP contribution >= 0.6 is 11.3 Å². The van der Waals surface area contributed by atoms with Gasteiger partial charge in [0.1, 0.15) is 0 Å². The first-order valence-electron chi connectivity index (χ1n) is 9.37. The molecule has 0 saturated carbocycles. The minimum Gasteiger partial charge on any atom is -0.378 e. The first-order valence-corrected chi connectivity index (χ1v) is 10.3. The van der Waals surface area contributed by atoms with Crippen LogP contribution < -0.4 is 15.1 Å². The second-order valence-electron chi connectivity index (χ2n) is 6.78. The van der Waals surface area contributed by atoms with Gasteiger partial charge in [-0.2, -0.15) is 0 Å². The fourth-order valence-corrected chi connectivity index (χ4v) is 3.81. The van der Waals surface area contributed by atoms with Crippen LogP contribution in [0.5, 0.6) is 0 Å². The molecule has 0 bridgehead atoms. The highest BCUT2D eigenvalue weighted by Crippen LogP contribution is 2.30. The van der Waals surface area contributed by atoms with E-state index in [-0.39, 0.29) is 0 Å². The summed E-state index contributed by atoms with van der Waals surface area (Å²) in [5, 5.41) is 6.50. The first-order chi connectivity index (χ1) is 13.0. The highest BCUT2D eigenvalue weighted by Gasteiger charge is 2.09. The molecule has 0 spiro atoms. The van der Waals surface area contributed by atoms with Crippen LogP contribution in [0.4, 0.5) is 22.2 Å². The van der Waals surface area contributed by atoms with Crippen molar-refractivity contribution in [3.8, 4) is 11.3 Å². The monoisotopic (exact) mass is 380 g/mol. The summed E-state index contributed by atoms with van der Waals surface area (Å²) < 4.78 is 0. The van der Waals surface area contributed by atoms with Gasteiger partial charge in [-0.3, -0.25) is 0 Å². The lowest BCUT2D eigenvalue weighted by atomic mass is 10.1. The molecule has 2 aromatic carbocycles. The summed E-state index contributed by atoms with van der Waals surface area (Å²) in [6, 6.07) is 15.1. The van der Waals surface area contributed by atoms with Crippen LogP contribution in [0.25, 0.3) is 11.3 Å². The molecule has 1 N–H and O–H groups in total. The first kappa shape index (κ1) is 19.2. The Hall–Kier alpha value is -2.53. The largest absolute Gasteiger partial charge is 0.378 e. The van der Waals surface area contributed by atoms with Crippen molar-refractivity contribution in [1.82, 2.24) is 4.98 Å². The fraction of sp³-hybridized carbons (Fsp3) is 0.318. The maximum atomic E-state index is 4.76. The molecule has 0 aliphatic rings. The lowest BCUT2D eigenvalue weighted by molar-refractivity contribution is 0.866. The van der Waals surface area contributed by atoms with Crippen LogP contribution in [0, 0.1) is 6.92 Å². The van der Waals surface area contributed by atoms with Crippen molar-refractivity contribution in [1.29, 1.82) is 0 Å². The molecule has 0 amide bonds. The molecule has 0 atom stereocenters. The zero-order chi connectivity index (χ0) is 19.4. The van der Waals surface area contributed by atoms with E-state index < -0.39 is 0 Å². The average Bonchev–Trinajstić information content (AvgIpc) is 3.13. The smallest absolute Gasteiger partial charge is 0.187 e. The van der Waals surface area contributed by atoms with Gasteiger partial charge in [-0.05, 0) is 56.7 Å². The van der Waals surface area contributed by atoms with Crippen molar-refractivity contribution in [2.45, 2.75) is 20.8 Å². The molecule has 0 unspecified atom stereocenters. The van der Waals surface area contributed by atoms with Crippen LogP contribution in [-0.4, -0.2) is 32.2 Å². The maximum Gasteiger partial charge on any atom is 0.187 e. The van der Waals surface area contributed by atoms with Crippen LogP contribution in [0.2, 0.25) is 0 Å². The number of rotatable bonds is 7. The van der Waals surface area contributed by atoms with Gasteiger partial charge < -0.3 is 15.1 Å². The molecule has 27 heavy (non-hydrogen) atoms. The molecule has 142 valence electrons. The third kappa shape index (κ3) is 4.42. The topological polar surface area (TPSA) is 31.4 Å². The van der Waals surface area contributed by atoms with Crippen molar-refractivity contribution >= 4 is 33.5 Å². The number of nitrogens with zero attached hydrogens (tertiary/aromatic N) is 3. The second-order valence-corrected chi connectivity index (χ2v) is 7.63. The maximum absolute atomic E-state index is 4.76. The van der Waals surface area contributed by atoms with Gasteiger partial charge in [0.15, 0.2) is 5.13 Å². The highest BCUT2D eigenvalue weighted by atomic mass is 32.1. The molecular formula is C22H28N4S. The van der Waals surface area contributed by atoms with Gasteiger partial charge in [0.05, 0.1) is 5.69 Å². The minimum absolute atomic E-state index is 0.917. The van der Waals surface area contributed by atoms with E-state index in [0.29, 0.717) is 0 Å². The number of thiazole rings is 1. The Balaban J connectivity index is 1.75. The fourth-order valence-electron chi connectivity index (χ4n) is 3.08. The number of aromatic nitrogens is 1. The van der Waals surface area contributed by atoms with Crippen LogP contribution in [0.1, 0.15) is 19.4 Å². The molecule has 0 aliphatic carbocycles. The predicted molar refractivity (Wildman–Crippen MR) is 120 cm³/mol. The normalized spacial score (nSPS) is 10.7. The van der Waals surface area contributed by atoms with Gasteiger partial charge in [0.25, 0.3) is 0 Å².